The van der Waals surface area contributed by atoms with Crippen molar-refractivity contribution >= 4 is 29.2 Å². The van der Waals surface area contributed by atoms with Crippen LogP contribution in [-0.2, 0) is 30.3 Å². The standard InChI is InChI=1S/C23H19NO9/c1-33-15(27)5-3-9-2-4-13(25)17-12(9)7-10-6-11-8-14(26)18(22(24)31)21(30)23(11,32)20(29)16(10)19(17)28/h2,4,10-11,25,28,30,32H,6-8H2,1H3,(H2,24,31)/t10-,11+,23+/m1/s1. The zero-order valence-electron chi connectivity index (χ0n) is 17.3. The summed E-state index contributed by atoms with van der Waals surface area (Å²) in [7, 11) is 1.16. The summed E-state index contributed by atoms with van der Waals surface area (Å²) in [6.07, 6.45) is -0.312. The topological polar surface area (TPSA) is 184 Å². The van der Waals surface area contributed by atoms with Crippen LogP contribution in [0.4, 0.5) is 0 Å². The molecule has 4 rings (SSSR count). The number of fused-ring (bicyclic) bond motifs is 3. The Bertz CT molecular complexity index is 1280. The van der Waals surface area contributed by atoms with E-state index in [4.69, 9.17) is 5.73 Å². The first-order chi connectivity index (χ1) is 15.5. The number of aliphatic hydroxyl groups is 3. The third-order valence-electron chi connectivity index (χ3n) is 6.43. The molecule has 33 heavy (non-hydrogen) atoms. The highest BCUT2D eigenvalue weighted by molar-refractivity contribution is 6.22. The fourth-order valence-corrected chi connectivity index (χ4v) is 4.91. The molecule has 1 fully saturated rings. The molecule has 10 nitrogen and oxygen atoms in total. The molecule has 0 spiro atoms. The lowest BCUT2D eigenvalue weighted by molar-refractivity contribution is -0.147. The highest BCUT2D eigenvalue weighted by atomic mass is 16.5. The van der Waals surface area contributed by atoms with Crippen LogP contribution >= 0.6 is 0 Å². The number of phenolic OH excluding ortho intramolecular Hbond substituents is 1. The summed E-state index contributed by atoms with van der Waals surface area (Å²) in [6, 6.07) is 2.67. The van der Waals surface area contributed by atoms with E-state index in [2.05, 4.69) is 16.6 Å². The summed E-state index contributed by atoms with van der Waals surface area (Å²) < 4.78 is 4.49. The highest BCUT2D eigenvalue weighted by Gasteiger charge is 2.60. The number of hydrogen-bond donors (Lipinski definition) is 5. The number of primary amides is 1. The SMILES string of the molecule is COC(=O)C#Cc1ccc(O)c2c1C[C@H]1C[C@H]3CC(=O)C(C(N)=O)=C(O)[C@@]3(O)C(=O)C1=C2O. The fraction of sp³-hybridized carbons (Fsp3) is 0.304. The van der Waals surface area contributed by atoms with E-state index in [1.807, 2.05) is 0 Å². The van der Waals surface area contributed by atoms with E-state index in [0.717, 1.165) is 7.11 Å². The van der Waals surface area contributed by atoms with E-state index >= 15 is 0 Å². The molecule has 1 amide bonds. The van der Waals surface area contributed by atoms with Gasteiger partial charge in [-0.25, -0.2) is 4.79 Å². The average Bonchev–Trinajstić information content (AvgIpc) is 2.75. The number of ketones is 2. The van der Waals surface area contributed by atoms with Crippen molar-refractivity contribution in [2.24, 2.45) is 17.6 Å². The van der Waals surface area contributed by atoms with Gasteiger partial charge in [-0.15, -0.1) is 0 Å². The minimum absolute atomic E-state index is 0.00242. The molecule has 10 heteroatoms. The minimum Gasteiger partial charge on any atom is -0.508 e. The molecule has 1 aromatic carbocycles. The van der Waals surface area contributed by atoms with Crippen LogP contribution in [0, 0.1) is 23.7 Å². The predicted octanol–water partition coefficient (Wildman–Crippen LogP) is -0.0516. The first-order valence-electron chi connectivity index (χ1n) is 9.94. The molecule has 0 unspecified atom stereocenters. The van der Waals surface area contributed by atoms with Crippen molar-refractivity contribution in [3.05, 3.63) is 45.7 Å². The number of hydrogen-bond acceptors (Lipinski definition) is 9. The number of amides is 1. The van der Waals surface area contributed by atoms with Crippen LogP contribution in [0.25, 0.3) is 5.76 Å². The molecule has 0 saturated heterocycles. The maximum Gasteiger partial charge on any atom is 0.384 e. The van der Waals surface area contributed by atoms with Gasteiger partial charge < -0.3 is 30.9 Å². The van der Waals surface area contributed by atoms with Gasteiger partial charge in [0.1, 0.15) is 22.8 Å². The quantitative estimate of drug-likeness (QED) is 0.221. The van der Waals surface area contributed by atoms with Crippen molar-refractivity contribution in [2.75, 3.05) is 7.11 Å². The normalized spacial score (nSPS) is 26.0. The molecule has 0 radical (unpaired) electrons. The number of phenols is 1. The van der Waals surface area contributed by atoms with Gasteiger partial charge in [0.05, 0.1) is 12.7 Å². The number of carbonyl (C=O) groups excluding carboxylic acids is 4. The van der Waals surface area contributed by atoms with E-state index in [1.54, 1.807) is 0 Å². The van der Waals surface area contributed by atoms with E-state index in [9.17, 15) is 39.6 Å². The number of aliphatic hydroxyl groups excluding tert-OH is 2. The van der Waals surface area contributed by atoms with Gasteiger partial charge in [0.25, 0.3) is 5.91 Å². The van der Waals surface area contributed by atoms with Crippen LogP contribution < -0.4 is 5.73 Å². The molecular weight excluding hydrogens is 434 g/mol. The van der Waals surface area contributed by atoms with E-state index in [0.29, 0.717) is 11.1 Å². The number of benzene rings is 1. The maximum atomic E-state index is 13.4. The second-order valence-electron chi connectivity index (χ2n) is 8.13. The Balaban J connectivity index is 1.90. The number of nitrogens with two attached hydrogens (primary N) is 1. The van der Waals surface area contributed by atoms with Crippen LogP contribution in [-0.4, -0.2) is 56.6 Å². The number of ether oxygens (including phenoxy) is 1. The molecule has 3 atom stereocenters. The number of carbonyl (C=O) groups is 4. The zero-order valence-corrected chi connectivity index (χ0v) is 17.3. The third kappa shape index (κ3) is 3.08. The molecule has 0 bridgehead atoms. The molecule has 0 aromatic heterocycles. The minimum atomic E-state index is -2.62. The molecule has 170 valence electrons. The van der Waals surface area contributed by atoms with Gasteiger partial charge >= 0.3 is 5.97 Å². The highest BCUT2D eigenvalue weighted by Crippen LogP contribution is 2.52. The van der Waals surface area contributed by atoms with Crippen LogP contribution in [0.2, 0.25) is 0 Å². The first-order valence-corrected chi connectivity index (χ1v) is 9.94. The van der Waals surface area contributed by atoms with Crippen LogP contribution in [0.15, 0.2) is 29.0 Å². The van der Waals surface area contributed by atoms with E-state index < -0.39 is 64.4 Å². The molecule has 1 aromatic rings. The summed E-state index contributed by atoms with van der Waals surface area (Å²) in [5.41, 5.74) is 2.02. The molecular formula is C23H19NO9. The molecule has 0 heterocycles. The van der Waals surface area contributed by atoms with Crippen molar-refractivity contribution in [3.63, 3.8) is 0 Å². The van der Waals surface area contributed by atoms with Gasteiger partial charge in [0.15, 0.2) is 11.4 Å². The number of esters is 1. The summed E-state index contributed by atoms with van der Waals surface area (Å²) in [6.45, 7) is 0. The first kappa shape index (κ1) is 22.1. The Kier molecular flexibility index (Phi) is 5.02. The lowest BCUT2D eigenvalue weighted by atomic mass is 9.59. The largest absolute Gasteiger partial charge is 0.508 e. The van der Waals surface area contributed by atoms with Crippen LogP contribution in [0.3, 0.4) is 0 Å². The van der Waals surface area contributed by atoms with E-state index in [-0.39, 0.29) is 29.7 Å². The summed E-state index contributed by atoms with van der Waals surface area (Å²) in [5, 5.41) is 43.0. The van der Waals surface area contributed by atoms with Crippen molar-refractivity contribution < 1.29 is 44.3 Å². The molecule has 1 saturated carbocycles. The molecule has 6 N–H and O–H groups in total. The number of Topliss-reactive ketones (excluding diaryl/α,β-unsaturated/α-hetero) is 2. The summed E-state index contributed by atoms with van der Waals surface area (Å²) in [4.78, 5) is 48.8. The molecule has 3 aliphatic carbocycles. The van der Waals surface area contributed by atoms with Gasteiger partial charge in [-0.1, -0.05) is 5.92 Å². The van der Waals surface area contributed by atoms with Crippen molar-refractivity contribution in [3.8, 4) is 17.6 Å². The van der Waals surface area contributed by atoms with Crippen molar-refractivity contribution in [1.29, 1.82) is 0 Å². The van der Waals surface area contributed by atoms with Gasteiger partial charge in [-0.05, 0) is 36.5 Å². The van der Waals surface area contributed by atoms with Gasteiger partial charge in [0, 0.05) is 29.4 Å². The van der Waals surface area contributed by atoms with Crippen LogP contribution in [0.5, 0.6) is 5.75 Å². The van der Waals surface area contributed by atoms with Gasteiger partial charge in [-0.2, -0.15) is 0 Å². The number of aromatic hydroxyl groups is 1. The maximum absolute atomic E-state index is 13.4. The smallest absolute Gasteiger partial charge is 0.384 e. The Morgan fingerprint density at radius 1 is 1.18 bits per heavy atom. The van der Waals surface area contributed by atoms with Gasteiger partial charge in [0.2, 0.25) is 5.78 Å². The zero-order chi connectivity index (χ0) is 24.2. The Hall–Kier alpha value is -4.10. The second kappa shape index (κ2) is 7.50. The van der Waals surface area contributed by atoms with E-state index in [1.165, 1.54) is 12.1 Å². The summed E-state index contributed by atoms with van der Waals surface area (Å²) in [5.74, 6) is -2.94. The number of methoxy groups -OCH3 is 1. The predicted molar refractivity (Wildman–Crippen MR) is 110 cm³/mol. The lowest BCUT2D eigenvalue weighted by Gasteiger charge is -2.46. The molecule has 3 aliphatic rings. The summed E-state index contributed by atoms with van der Waals surface area (Å²) >= 11 is 0. The van der Waals surface area contributed by atoms with Gasteiger partial charge in [-0.3, -0.25) is 14.4 Å². The Labute approximate surface area is 187 Å². The number of rotatable bonds is 1. The molecule has 0 aliphatic heterocycles. The average molecular weight is 453 g/mol. The Morgan fingerprint density at radius 3 is 2.52 bits per heavy atom. The monoisotopic (exact) mass is 453 g/mol. The Morgan fingerprint density at radius 2 is 1.88 bits per heavy atom. The third-order valence-corrected chi connectivity index (χ3v) is 6.43. The second-order valence-corrected chi connectivity index (χ2v) is 8.13. The van der Waals surface area contributed by atoms with Crippen molar-refractivity contribution in [2.45, 2.75) is 24.9 Å². The van der Waals surface area contributed by atoms with Crippen molar-refractivity contribution in [1.82, 2.24) is 0 Å². The lowest BCUT2D eigenvalue weighted by Crippen LogP contribution is -2.58. The fourth-order valence-electron chi connectivity index (χ4n) is 4.91. The van der Waals surface area contributed by atoms with Crippen LogP contribution in [0.1, 0.15) is 29.5 Å².